The minimum absolute atomic E-state index is 0.169. The molecular formula is C21H25ClN6O2. The van der Waals surface area contributed by atoms with E-state index in [2.05, 4.69) is 34.1 Å². The number of benzene rings is 1. The van der Waals surface area contributed by atoms with Gasteiger partial charge in [-0.15, -0.1) is 5.10 Å². The van der Waals surface area contributed by atoms with Gasteiger partial charge < -0.3 is 10.2 Å². The van der Waals surface area contributed by atoms with Gasteiger partial charge in [0.05, 0.1) is 0 Å². The number of nitrogens with zero attached hydrogens (tertiary/aromatic N) is 5. The number of rotatable bonds is 5. The predicted molar refractivity (Wildman–Crippen MR) is 116 cm³/mol. The number of halogens is 1. The molecule has 0 aliphatic carbocycles. The molecule has 3 heterocycles. The van der Waals surface area contributed by atoms with Crippen LogP contribution in [-0.4, -0.2) is 38.2 Å². The third-order valence-electron chi connectivity index (χ3n) is 5.38. The summed E-state index contributed by atoms with van der Waals surface area (Å²) in [5.41, 5.74) is 0.928. The van der Waals surface area contributed by atoms with Gasteiger partial charge in [0.1, 0.15) is 6.54 Å². The normalized spacial score (nSPS) is 19.2. The zero-order valence-corrected chi connectivity index (χ0v) is 17.8. The second-order valence-corrected chi connectivity index (χ2v) is 8.51. The summed E-state index contributed by atoms with van der Waals surface area (Å²) in [6.45, 7) is 6.30. The van der Waals surface area contributed by atoms with Gasteiger partial charge in [-0.1, -0.05) is 43.6 Å². The van der Waals surface area contributed by atoms with E-state index in [1.807, 2.05) is 18.2 Å². The smallest absolute Gasteiger partial charge is 0.350 e. The molecule has 1 saturated heterocycles. The molecule has 30 heavy (non-hydrogen) atoms. The van der Waals surface area contributed by atoms with Crippen molar-refractivity contribution in [2.24, 2.45) is 11.8 Å². The number of nitrogens with one attached hydrogen (secondary N) is 1. The first-order chi connectivity index (χ1) is 14.4. The third-order valence-corrected chi connectivity index (χ3v) is 5.75. The van der Waals surface area contributed by atoms with E-state index >= 15 is 0 Å². The average Bonchev–Trinajstić information content (AvgIpc) is 3.02. The van der Waals surface area contributed by atoms with Crippen LogP contribution in [0, 0.1) is 11.8 Å². The van der Waals surface area contributed by atoms with Crippen molar-refractivity contribution >= 4 is 29.0 Å². The van der Waals surface area contributed by atoms with Crippen LogP contribution >= 0.6 is 11.6 Å². The summed E-state index contributed by atoms with van der Waals surface area (Å²) in [6, 6.07) is 7.31. The second kappa shape index (κ2) is 8.47. The molecular weight excluding hydrogens is 404 g/mol. The Morgan fingerprint density at radius 2 is 1.97 bits per heavy atom. The molecule has 4 rings (SSSR count). The van der Waals surface area contributed by atoms with Crippen molar-refractivity contribution in [3.63, 3.8) is 0 Å². The Morgan fingerprint density at radius 1 is 1.23 bits per heavy atom. The van der Waals surface area contributed by atoms with Crippen molar-refractivity contribution < 1.29 is 4.79 Å². The number of carbonyl (C=O) groups is 1. The number of amides is 1. The summed E-state index contributed by atoms with van der Waals surface area (Å²) in [7, 11) is 0. The van der Waals surface area contributed by atoms with Crippen LogP contribution in [0.1, 0.15) is 25.8 Å². The Morgan fingerprint density at radius 3 is 2.70 bits per heavy atom. The summed E-state index contributed by atoms with van der Waals surface area (Å²) in [5.74, 6) is 1.46. The fourth-order valence-corrected chi connectivity index (χ4v) is 4.33. The van der Waals surface area contributed by atoms with Gasteiger partial charge in [0.2, 0.25) is 11.6 Å². The first kappa shape index (κ1) is 20.4. The third kappa shape index (κ3) is 4.18. The predicted octanol–water partition coefficient (Wildman–Crippen LogP) is 2.34. The topological polar surface area (TPSA) is 84.5 Å². The maximum atomic E-state index is 12.8. The summed E-state index contributed by atoms with van der Waals surface area (Å²) in [4.78, 5) is 31.9. The molecule has 2 aromatic heterocycles. The van der Waals surface area contributed by atoms with Crippen LogP contribution in [-0.2, 0) is 17.9 Å². The highest BCUT2D eigenvalue weighted by atomic mass is 35.5. The van der Waals surface area contributed by atoms with Gasteiger partial charge in [0.15, 0.2) is 5.82 Å². The van der Waals surface area contributed by atoms with Gasteiger partial charge in [0.25, 0.3) is 0 Å². The molecule has 1 aromatic carbocycles. The standard InChI is InChI=1S/C21H25ClN6O2/c1-14-9-15(2)12-26(11-14)19-20-25-28(21(30)27(20)8-7-23-19)13-18(29)24-10-16-5-3-4-6-17(16)22/h3-8,14-15H,9-13H2,1-2H3,(H,24,29)/t14-,15-/m1/s1. The lowest BCUT2D eigenvalue weighted by atomic mass is 9.92. The van der Waals surface area contributed by atoms with Gasteiger partial charge in [-0.3, -0.25) is 4.79 Å². The van der Waals surface area contributed by atoms with E-state index in [9.17, 15) is 9.59 Å². The molecule has 1 fully saturated rings. The molecule has 8 nitrogen and oxygen atoms in total. The fraction of sp³-hybridized carbons (Fsp3) is 0.429. The SMILES string of the molecule is C[C@@H]1C[C@@H](C)CN(c2nccn3c(=O)n(CC(=O)NCc4ccccc4Cl)nc23)C1. The number of anilines is 1. The minimum atomic E-state index is -0.361. The van der Waals surface area contributed by atoms with Gasteiger partial charge in [-0.2, -0.15) is 0 Å². The molecule has 1 aliphatic rings. The first-order valence-electron chi connectivity index (χ1n) is 10.1. The van der Waals surface area contributed by atoms with E-state index in [1.54, 1.807) is 18.5 Å². The maximum absolute atomic E-state index is 12.8. The Kier molecular flexibility index (Phi) is 5.76. The van der Waals surface area contributed by atoms with Crippen LogP contribution in [0.3, 0.4) is 0 Å². The Labute approximate surface area is 179 Å². The van der Waals surface area contributed by atoms with E-state index < -0.39 is 0 Å². The van der Waals surface area contributed by atoms with E-state index in [-0.39, 0.29) is 24.7 Å². The fourth-order valence-electron chi connectivity index (χ4n) is 4.12. The van der Waals surface area contributed by atoms with Gasteiger partial charge in [-0.25, -0.2) is 18.9 Å². The Hall–Kier alpha value is -2.87. The number of hydrogen-bond acceptors (Lipinski definition) is 5. The van der Waals surface area contributed by atoms with Crippen LogP contribution < -0.4 is 15.9 Å². The quantitative estimate of drug-likeness (QED) is 0.674. The summed E-state index contributed by atoms with van der Waals surface area (Å²) < 4.78 is 2.63. The largest absolute Gasteiger partial charge is 0.353 e. The molecule has 1 N–H and O–H groups in total. The molecule has 0 saturated carbocycles. The van der Waals surface area contributed by atoms with Crippen LogP contribution in [0.2, 0.25) is 5.02 Å². The monoisotopic (exact) mass is 428 g/mol. The summed E-state index contributed by atoms with van der Waals surface area (Å²) >= 11 is 6.12. The highest BCUT2D eigenvalue weighted by Crippen LogP contribution is 2.26. The van der Waals surface area contributed by atoms with Crippen molar-refractivity contribution in [2.45, 2.75) is 33.4 Å². The number of piperidine rings is 1. The number of carbonyl (C=O) groups excluding carboxylic acids is 1. The van der Waals surface area contributed by atoms with Crippen LogP contribution in [0.5, 0.6) is 0 Å². The first-order valence-corrected chi connectivity index (χ1v) is 10.5. The molecule has 1 amide bonds. The lowest BCUT2D eigenvalue weighted by Crippen LogP contribution is -2.39. The minimum Gasteiger partial charge on any atom is -0.353 e. The molecule has 0 spiro atoms. The second-order valence-electron chi connectivity index (χ2n) is 8.10. The van der Waals surface area contributed by atoms with Gasteiger partial charge in [-0.05, 0) is 29.9 Å². The highest BCUT2D eigenvalue weighted by molar-refractivity contribution is 6.31. The number of hydrogen-bond donors (Lipinski definition) is 1. The molecule has 0 radical (unpaired) electrons. The van der Waals surface area contributed by atoms with E-state index in [1.165, 1.54) is 15.5 Å². The van der Waals surface area contributed by atoms with Crippen LogP contribution in [0.25, 0.3) is 5.65 Å². The zero-order valence-electron chi connectivity index (χ0n) is 17.1. The van der Waals surface area contributed by atoms with Crippen LogP contribution in [0.4, 0.5) is 5.82 Å². The zero-order chi connectivity index (χ0) is 21.3. The van der Waals surface area contributed by atoms with Crippen molar-refractivity contribution in [3.05, 3.63) is 57.7 Å². The number of aromatic nitrogens is 4. The van der Waals surface area contributed by atoms with Crippen molar-refractivity contribution in [1.29, 1.82) is 0 Å². The molecule has 2 atom stereocenters. The summed E-state index contributed by atoms with van der Waals surface area (Å²) in [6.07, 6.45) is 4.37. The van der Waals surface area contributed by atoms with E-state index in [0.717, 1.165) is 18.7 Å². The Balaban J connectivity index is 1.54. The van der Waals surface area contributed by atoms with Crippen molar-refractivity contribution in [2.75, 3.05) is 18.0 Å². The molecule has 9 heteroatoms. The van der Waals surface area contributed by atoms with Crippen molar-refractivity contribution in [1.82, 2.24) is 24.5 Å². The van der Waals surface area contributed by atoms with Gasteiger partial charge >= 0.3 is 5.69 Å². The van der Waals surface area contributed by atoms with E-state index in [4.69, 9.17) is 11.6 Å². The summed E-state index contributed by atoms with van der Waals surface area (Å²) in [5, 5.41) is 7.80. The highest BCUT2D eigenvalue weighted by Gasteiger charge is 2.25. The molecule has 1 aliphatic heterocycles. The van der Waals surface area contributed by atoms with Gasteiger partial charge in [0, 0.05) is 37.1 Å². The Bertz CT molecular complexity index is 1110. The molecule has 158 valence electrons. The molecule has 3 aromatic rings. The maximum Gasteiger partial charge on any atom is 0.350 e. The van der Waals surface area contributed by atoms with Crippen molar-refractivity contribution in [3.8, 4) is 0 Å². The average molecular weight is 429 g/mol. The molecule has 0 unspecified atom stereocenters. The van der Waals surface area contributed by atoms with E-state index in [0.29, 0.717) is 28.3 Å². The molecule has 0 bridgehead atoms. The lowest BCUT2D eigenvalue weighted by molar-refractivity contribution is -0.122. The number of fused-ring (bicyclic) bond motifs is 1. The van der Waals surface area contributed by atoms with Crippen LogP contribution in [0.15, 0.2) is 41.5 Å². The lowest BCUT2D eigenvalue weighted by Gasteiger charge is -2.35.